The summed E-state index contributed by atoms with van der Waals surface area (Å²) < 4.78 is 1.84. The van der Waals surface area contributed by atoms with Crippen molar-refractivity contribution >= 4 is 17.8 Å². The average molecular weight is 497 g/mol. The van der Waals surface area contributed by atoms with Crippen molar-refractivity contribution < 1.29 is 7.65 Å². The Morgan fingerprint density at radius 1 is 1.17 bits per heavy atom. The fourth-order valence-electron chi connectivity index (χ4n) is 3.58. The van der Waals surface area contributed by atoms with E-state index < -0.39 is 0 Å². The van der Waals surface area contributed by atoms with Gasteiger partial charge in [0, 0.05) is 32.4 Å². The van der Waals surface area contributed by atoms with Crippen molar-refractivity contribution in [3.05, 3.63) is 23.9 Å². The summed E-state index contributed by atoms with van der Waals surface area (Å²) in [7, 11) is 0. The van der Waals surface area contributed by atoms with Crippen LogP contribution in [0.2, 0.25) is 0 Å². The van der Waals surface area contributed by atoms with Gasteiger partial charge in [-0.05, 0) is 53.0 Å². The predicted octanol–water partition coefficient (Wildman–Crippen LogP) is 7.80. The van der Waals surface area contributed by atoms with Gasteiger partial charge in [0.25, 0.3) is 0 Å². The number of rotatable bonds is 5. The van der Waals surface area contributed by atoms with E-state index in [1.165, 1.54) is 38.5 Å². The van der Waals surface area contributed by atoms with Crippen LogP contribution in [0.25, 0.3) is 0 Å². The van der Waals surface area contributed by atoms with Crippen LogP contribution in [0.1, 0.15) is 121 Å². The zero-order valence-electron chi connectivity index (χ0n) is 23.9. The van der Waals surface area contributed by atoms with Gasteiger partial charge in [0.2, 0.25) is 5.78 Å². The minimum atomic E-state index is -0.270. The number of carbonyl (C=O) groups excluding carboxylic acids is 1. The maximum atomic E-state index is 12.0. The molecule has 0 bridgehead atoms. The molecular formula is C31H52N4O. The Morgan fingerprint density at radius 2 is 1.72 bits per heavy atom. The summed E-state index contributed by atoms with van der Waals surface area (Å²) in [5, 5.41) is 8.13. The summed E-state index contributed by atoms with van der Waals surface area (Å²) in [5.74, 6) is 8.85. The molecule has 1 N–H and O–H groups in total. The second kappa shape index (κ2) is 15.5. The molecule has 2 aliphatic rings. The number of allylic oxidation sites excluding steroid dienone is 1. The number of ketones is 1. The third kappa shape index (κ3) is 11.9. The third-order valence-electron chi connectivity index (χ3n) is 5.78. The first-order chi connectivity index (χ1) is 16.9. The SMILES string of the molecule is C#CC(C)(C)C.C/C=C\C(N[C@H]1CCC#CC1=O)n1nc(C(C)(C)C)cc1/N=C\C.C1CCCCC1.[HH].[HH]. The van der Waals surface area contributed by atoms with Crippen LogP contribution in [-0.2, 0) is 10.2 Å². The van der Waals surface area contributed by atoms with Crippen molar-refractivity contribution in [3.63, 3.8) is 0 Å². The Hall–Kier alpha value is -2.63. The van der Waals surface area contributed by atoms with Crippen LogP contribution in [0.3, 0.4) is 0 Å². The lowest BCUT2D eigenvalue weighted by Gasteiger charge is -2.23. The van der Waals surface area contributed by atoms with Gasteiger partial charge in [-0.2, -0.15) is 5.10 Å². The first kappa shape index (κ1) is 31.4. The molecule has 202 valence electrons. The molecule has 1 unspecified atom stereocenters. The highest BCUT2D eigenvalue weighted by Gasteiger charge is 2.26. The Kier molecular flexibility index (Phi) is 13.5. The Labute approximate surface area is 223 Å². The molecule has 0 aliphatic heterocycles. The highest BCUT2D eigenvalue weighted by molar-refractivity contribution is 6.00. The number of Topliss-reactive ketones (excluding diaryl/α,β-unsaturated/α-hetero) is 1. The van der Waals surface area contributed by atoms with E-state index in [0.717, 1.165) is 24.4 Å². The zero-order chi connectivity index (χ0) is 27.2. The fourth-order valence-corrected chi connectivity index (χ4v) is 3.58. The number of aliphatic imine (C=N–C) groups is 1. The lowest BCUT2D eigenvalue weighted by Crippen LogP contribution is -2.41. The molecule has 0 saturated heterocycles. The smallest absolute Gasteiger partial charge is 0.222 e. The minimum Gasteiger partial charge on any atom is -0.283 e. The van der Waals surface area contributed by atoms with Gasteiger partial charge in [0.1, 0.15) is 6.17 Å². The van der Waals surface area contributed by atoms with E-state index in [4.69, 9.17) is 11.5 Å². The molecule has 2 aliphatic carbocycles. The first-order valence-corrected chi connectivity index (χ1v) is 13.4. The van der Waals surface area contributed by atoms with Crippen LogP contribution in [0.15, 0.2) is 23.2 Å². The van der Waals surface area contributed by atoms with Crippen LogP contribution in [0.4, 0.5) is 5.82 Å². The van der Waals surface area contributed by atoms with Crippen molar-refractivity contribution in [1.29, 1.82) is 0 Å². The third-order valence-corrected chi connectivity index (χ3v) is 5.78. The highest BCUT2D eigenvalue weighted by atomic mass is 16.1. The summed E-state index contributed by atoms with van der Waals surface area (Å²) in [6.45, 7) is 16.2. The predicted molar refractivity (Wildman–Crippen MR) is 158 cm³/mol. The quantitative estimate of drug-likeness (QED) is 0.196. The topological polar surface area (TPSA) is 59.3 Å². The van der Waals surface area contributed by atoms with Crippen molar-refractivity contribution in [2.75, 3.05) is 0 Å². The molecule has 5 nitrogen and oxygen atoms in total. The van der Waals surface area contributed by atoms with Crippen molar-refractivity contribution in [2.24, 2.45) is 10.4 Å². The van der Waals surface area contributed by atoms with E-state index in [1.807, 2.05) is 57.5 Å². The van der Waals surface area contributed by atoms with E-state index >= 15 is 0 Å². The van der Waals surface area contributed by atoms with Gasteiger partial charge in [-0.3, -0.25) is 10.1 Å². The molecule has 36 heavy (non-hydrogen) atoms. The van der Waals surface area contributed by atoms with Crippen molar-refractivity contribution in [3.8, 4) is 24.2 Å². The monoisotopic (exact) mass is 496 g/mol. The van der Waals surface area contributed by atoms with Crippen LogP contribution in [0.5, 0.6) is 0 Å². The molecule has 0 amide bonds. The molecule has 1 fully saturated rings. The second-order valence-electron chi connectivity index (χ2n) is 11.4. The van der Waals surface area contributed by atoms with Gasteiger partial charge < -0.3 is 0 Å². The summed E-state index contributed by atoms with van der Waals surface area (Å²) >= 11 is 0. The lowest BCUT2D eigenvalue weighted by molar-refractivity contribution is -0.116. The van der Waals surface area contributed by atoms with E-state index in [-0.39, 0.29) is 31.7 Å². The summed E-state index contributed by atoms with van der Waals surface area (Å²) in [4.78, 5) is 16.5. The number of nitrogens with one attached hydrogen (secondary N) is 1. The number of hydrogen-bond donors (Lipinski definition) is 1. The van der Waals surface area contributed by atoms with Gasteiger partial charge in [-0.25, -0.2) is 9.67 Å². The van der Waals surface area contributed by atoms with E-state index in [0.29, 0.717) is 0 Å². The van der Waals surface area contributed by atoms with Crippen LogP contribution in [-0.4, -0.2) is 27.8 Å². The van der Waals surface area contributed by atoms with Gasteiger partial charge in [-0.1, -0.05) is 71.3 Å². The van der Waals surface area contributed by atoms with Gasteiger partial charge in [0.05, 0.1) is 11.7 Å². The molecule has 1 saturated carbocycles. The van der Waals surface area contributed by atoms with Crippen LogP contribution in [0, 0.1) is 29.6 Å². The van der Waals surface area contributed by atoms with Crippen molar-refractivity contribution in [2.45, 2.75) is 124 Å². The molecule has 3 rings (SSSR count). The highest BCUT2D eigenvalue weighted by Crippen LogP contribution is 2.28. The number of hydrogen-bond acceptors (Lipinski definition) is 4. The van der Waals surface area contributed by atoms with Gasteiger partial charge in [-0.15, -0.1) is 12.3 Å². The zero-order valence-corrected chi connectivity index (χ0v) is 23.9. The average Bonchev–Trinajstić information content (AvgIpc) is 3.26. The maximum Gasteiger partial charge on any atom is 0.222 e. The molecular weight excluding hydrogens is 444 g/mol. The molecule has 0 radical (unpaired) electrons. The number of nitrogens with zero attached hydrogens (tertiary/aromatic N) is 3. The van der Waals surface area contributed by atoms with E-state index in [2.05, 4.69) is 48.8 Å². The fraction of sp³-hybridized carbons (Fsp3) is 0.645. The lowest BCUT2D eigenvalue weighted by atomic mass is 9.92. The molecule has 0 spiro atoms. The second-order valence-corrected chi connectivity index (χ2v) is 11.4. The molecule has 1 aromatic heterocycles. The summed E-state index contributed by atoms with van der Waals surface area (Å²) in [6.07, 6.45) is 21.0. The Morgan fingerprint density at radius 3 is 2.14 bits per heavy atom. The molecule has 1 aromatic rings. The normalized spacial score (nSPS) is 18.9. The Bertz CT molecular complexity index is 963. The maximum absolute atomic E-state index is 12.0. The molecule has 1 heterocycles. The minimum absolute atomic E-state index is 0. The number of carbonyl (C=O) groups is 1. The molecule has 2 atom stereocenters. The van der Waals surface area contributed by atoms with Gasteiger partial charge >= 0.3 is 0 Å². The summed E-state index contributed by atoms with van der Waals surface area (Å²) in [5.41, 5.74) is 0.963. The largest absolute Gasteiger partial charge is 0.283 e. The number of terminal acetylenes is 1. The Balaban J connectivity index is 0. The van der Waals surface area contributed by atoms with Crippen LogP contribution < -0.4 is 5.32 Å². The summed E-state index contributed by atoms with van der Waals surface area (Å²) in [6, 6.07) is 1.73. The van der Waals surface area contributed by atoms with Crippen LogP contribution >= 0.6 is 0 Å². The molecule has 0 aromatic carbocycles. The van der Waals surface area contributed by atoms with Gasteiger partial charge in [0.15, 0.2) is 5.82 Å². The van der Waals surface area contributed by atoms with Crippen molar-refractivity contribution in [1.82, 2.24) is 15.1 Å². The van der Waals surface area contributed by atoms with E-state index in [1.54, 1.807) is 6.21 Å². The first-order valence-electron chi connectivity index (χ1n) is 13.4. The van der Waals surface area contributed by atoms with E-state index in [9.17, 15) is 4.79 Å². The standard InChI is InChI=1S/C19H26N4O.C6H12.C6H10.2H2/c1-6-10-17(21-14-11-8-9-12-15(14)24)23-18(20-7-2)13-16(22-23)19(3,4)5;1-2-4-6-5-3-1;1-5-6(2,3)4;;/h6-7,10,13-14,17,21H,8,11H2,1-5H3;1-6H2;1H,2-4H3;2*1H/b10-6-,20-7-;;;;/t14-,17?;;;;/m0..../s1. The number of aromatic nitrogens is 2. The molecule has 5 heteroatoms.